The van der Waals surface area contributed by atoms with Crippen LogP contribution in [-0.2, 0) is 14.7 Å². The second kappa shape index (κ2) is 9.63. The van der Waals surface area contributed by atoms with Crippen molar-refractivity contribution in [1.29, 1.82) is 0 Å². The Kier molecular flexibility index (Phi) is 5.97. The average molecular weight is 597 g/mol. The summed E-state index contributed by atoms with van der Waals surface area (Å²) in [4.78, 5) is 0. The number of benzene rings is 5. The SMILES string of the molecule is COCc1cccc[c]1[Sb]([C]#Cc1ccccc1)[C]12c3ccccc3C(c3ccccc31)c1ccccc12. The molecule has 0 spiro atoms. The van der Waals surface area contributed by atoms with Gasteiger partial charge in [-0.05, 0) is 0 Å². The quantitative estimate of drug-likeness (QED) is 0.170. The van der Waals surface area contributed by atoms with Crippen LogP contribution in [0.15, 0.2) is 127 Å². The van der Waals surface area contributed by atoms with Crippen LogP contribution in [0.25, 0.3) is 0 Å². The van der Waals surface area contributed by atoms with Crippen LogP contribution in [0, 0.1) is 9.79 Å². The monoisotopic (exact) mass is 596 g/mol. The minimum atomic E-state index is -2.82. The normalized spacial score (nSPS) is 18.2. The third-order valence-corrected chi connectivity index (χ3v) is 15.5. The van der Waals surface area contributed by atoms with E-state index in [2.05, 4.69) is 137 Å². The van der Waals surface area contributed by atoms with Gasteiger partial charge in [0.05, 0.1) is 0 Å². The number of hydrogen-bond donors (Lipinski definition) is 0. The van der Waals surface area contributed by atoms with Gasteiger partial charge in [0.2, 0.25) is 0 Å². The molecule has 3 aliphatic carbocycles. The predicted octanol–water partition coefficient (Wildman–Crippen LogP) is 6.51. The maximum absolute atomic E-state index is 5.73. The van der Waals surface area contributed by atoms with Crippen LogP contribution in [0.3, 0.4) is 0 Å². The fraction of sp³-hybridized carbons (Fsp3) is 0.111. The molecule has 0 aromatic heterocycles. The van der Waals surface area contributed by atoms with Crippen LogP contribution in [0.5, 0.6) is 0 Å². The van der Waals surface area contributed by atoms with Gasteiger partial charge in [-0.15, -0.1) is 0 Å². The molecule has 8 rings (SSSR count). The molecule has 0 heterocycles. The molecule has 2 heteroatoms. The summed E-state index contributed by atoms with van der Waals surface area (Å²) in [6, 6.07) is 46.8. The Balaban J connectivity index is 1.62. The summed E-state index contributed by atoms with van der Waals surface area (Å²) in [6.07, 6.45) is 0. The molecule has 0 radical (unpaired) electrons. The standard InChI is InChI=1S/C20H13.C8H9O.C8H5.Sb/c1-2-8-14-13(7-1)19-15-9-3-5-11-17(15)20(14)18-12-6-4-10-16(18)19;1-9-7-8-5-3-2-4-6-8;1-2-8-6-4-3-5-7-8;/h1-12,19H;2-5H,7H2,1H3;3-7H;. The zero-order valence-electron chi connectivity index (χ0n) is 21.3. The summed E-state index contributed by atoms with van der Waals surface area (Å²) in [6.45, 7) is 0.591. The van der Waals surface area contributed by atoms with E-state index in [9.17, 15) is 0 Å². The van der Waals surface area contributed by atoms with E-state index >= 15 is 0 Å². The molecule has 182 valence electrons. The van der Waals surface area contributed by atoms with Gasteiger partial charge in [-0.1, -0.05) is 0 Å². The van der Waals surface area contributed by atoms with Gasteiger partial charge in [0.15, 0.2) is 0 Å². The van der Waals surface area contributed by atoms with Gasteiger partial charge in [-0.25, -0.2) is 0 Å². The third kappa shape index (κ3) is 3.45. The minimum absolute atomic E-state index is 0.263. The fourth-order valence-corrected chi connectivity index (χ4v) is 14.7. The molecule has 0 saturated heterocycles. The molecule has 5 aromatic carbocycles. The predicted molar refractivity (Wildman–Crippen MR) is 156 cm³/mol. The number of ether oxygens (including phenoxy) is 1. The van der Waals surface area contributed by atoms with Gasteiger partial charge >= 0.3 is 233 Å². The fourth-order valence-electron chi connectivity index (χ4n) is 6.51. The Bertz CT molecular complexity index is 1590. The number of hydrogen-bond acceptors (Lipinski definition) is 1. The maximum atomic E-state index is 5.73. The first-order valence-electron chi connectivity index (χ1n) is 13.1. The number of methoxy groups -OCH3 is 1. The summed E-state index contributed by atoms with van der Waals surface area (Å²) >= 11 is -2.82. The van der Waals surface area contributed by atoms with Crippen molar-refractivity contribution in [3.8, 4) is 9.79 Å². The molecule has 0 N–H and O–H groups in total. The first-order valence-corrected chi connectivity index (χ1v) is 16.9. The van der Waals surface area contributed by atoms with Crippen LogP contribution in [0.1, 0.15) is 50.4 Å². The van der Waals surface area contributed by atoms with E-state index in [1.165, 1.54) is 42.5 Å². The molecule has 0 aliphatic heterocycles. The van der Waals surface area contributed by atoms with Gasteiger partial charge in [0, 0.05) is 0 Å². The van der Waals surface area contributed by atoms with Crippen molar-refractivity contribution in [3.05, 3.63) is 172 Å². The molecular weight excluding hydrogens is 570 g/mol. The van der Waals surface area contributed by atoms with Crippen LogP contribution in [0.2, 0.25) is 0 Å². The molecule has 0 saturated carbocycles. The molecule has 38 heavy (non-hydrogen) atoms. The third-order valence-electron chi connectivity index (χ3n) is 7.94. The van der Waals surface area contributed by atoms with Crippen molar-refractivity contribution in [2.75, 3.05) is 7.11 Å². The summed E-state index contributed by atoms with van der Waals surface area (Å²) < 4.78 is 10.9. The Morgan fingerprint density at radius 3 is 1.71 bits per heavy atom. The zero-order valence-corrected chi connectivity index (χ0v) is 23.8. The van der Waals surface area contributed by atoms with E-state index in [0.717, 1.165) is 5.56 Å². The second-order valence-corrected chi connectivity index (χ2v) is 15.7. The van der Waals surface area contributed by atoms with Gasteiger partial charge in [0.1, 0.15) is 0 Å². The summed E-state index contributed by atoms with van der Waals surface area (Å²) in [5.41, 5.74) is 11.0. The van der Waals surface area contributed by atoms with Gasteiger partial charge in [-0.2, -0.15) is 0 Å². The van der Waals surface area contributed by atoms with Crippen molar-refractivity contribution in [1.82, 2.24) is 0 Å². The Labute approximate surface area is 232 Å². The average Bonchev–Trinajstić information content (AvgIpc) is 2.99. The van der Waals surface area contributed by atoms with E-state index in [-0.39, 0.29) is 9.28 Å². The topological polar surface area (TPSA) is 9.23 Å². The van der Waals surface area contributed by atoms with Crippen LogP contribution < -0.4 is 3.51 Å². The number of rotatable bonds is 4. The molecule has 0 atom stereocenters. The molecule has 3 aliphatic rings. The summed E-state index contributed by atoms with van der Waals surface area (Å²) in [7, 11) is 1.79. The molecule has 2 bridgehead atoms. The second-order valence-electron chi connectivity index (χ2n) is 9.91. The van der Waals surface area contributed by atoms with E-state index in [4.69, 9.17) is 4.74 Å². The molecule has 0 fully saturated rings. The summed E-state index contributed by atoms with van der Waals surface area (Å²) in [5.74, 6) is 3.93. The van der Waals surface area contributed by atoms with E-state index < -0.39 is 20.2 Å². The van der Waals surface area contributed by atoms with Crippen LogP contribution >= 0.6 is 0 Å². The molecule has 5 aromatic rings. The Hall–Kier alpha value is -3.56. The Morgan fingerprint density at radius 2 is 1.13 bits per heavy atom. The zero-order chi connectivity index (χ0) is 25.5. The first kappa shape index (κ1) is 23.5. The van der Waals surface area contributed by atoms with Crippen molar-refractivity contribution in [2.24, 2.45) is 0 Å². The van der Waals surface area contributed by atoms with Crippen LogP contribution in [0.4, 0.5) is 0 Å². The molecule has 0 amide bonds. The Morgan fingerprint density at radius 1 is 0.632 bits per heavy atom. The van der Waals surface area contributed by atoms with Crippen molar-refractivity contribution < 1.29 is 4.74 Å². The molecule has 1 nitrogen and oxygen atoms in total. The molecule has 0 unspecified atom stereocenters. The van der Waals surface area contributed by atoms with E-state index in [0.29, 0.717) is 6.61 Å². The van der Waals surface area contributed by atoms with Gasteiger partial charge < -0.3 is 0 Å². The molecular formula is C36H27OSb. The van der Waals surface area contributed by atoms with Gasteiger partial charge in [-0.3, -0.25) is 0 Å². The van der Waals surface area contributed by atoms with E-state index in [1.807, 2.05) is 0 Å². The van der Waals surface area contributed by atoms with Crippen LogP contribution in [-0.4, -0.2) is 27.3 Å². The van der Waals surface area contributed by atoms with Crippen molar-refractivity contribution in [2.45, 2.75) is 15.9 Å². The van der Waals surface area contributed by atoms with Crippen molar-refractivity contribution in [3.63, 3.8) is 0 Å². The van der Waals surface area contributed by atoms with Gasteiger partial charge in [0.25, 0.3) is 0 Å². The summed E-state index contributed by atoms with van der Waals surface area (Å²) in [5, 5.41) is 0. The van der Waals surface area contributed by atoms with E-state index in [1.54, 1.807) is 7.11 Å². The van der Waals surface area contributed by atoms with Crippen molar-refractivity contribution >= 4 is 23.7 Å². The first-order chi connectivity index (χ1) is 18.8.